The highest BCUT2D eigenvalue weighted by molar-refractivity contribution is 7.12. The topological polar surface area (TPSA) is 49.3 Å². The van der Waals surface area contributed by atoms with Crippen molar-refractivity contribution in [3.05, 3.63) is 51.7 Å². The molecule has 1 aromatic heterocycles. The van der Waals surface area contributed by atoms with Gasteiger partial charge in [-0.3, -0.25) is 4.79 Å². The normalized spacial score (nSPS) is 9.58. The van der Waals surface area contributed by atoms with Gasteiger partial charge in [-0.05, 0) is 30.0 Å². The maximum atomic E-state index is 12.2. The first-order valence-electron chi connectivity index (χ1n) is 5.76. The van der Waals surface area contributed by atoms with E-state index in [0.29, 0.717) is 10.4 Å². The zero-order valence-electron chi connectivity index (χ0n) is 10.4. The molecular weight excluding hydrogens is 258 g/mol. The number of aryl methyl sites for hydroxylation is 1. The van der Waals surface area contributed by atoms with Gasteiger partial charge in [-0.15, -0.1) is 11.3 Å². The van der Waals surface area contributed by atoms with E-state index in [4.69, 9.17) is 5.11 Å². The molecule has 0 aliphatic rings. The predicted octanol–water partition coefficient (Wildman–Crippen LogP) is 2.65. The van der Waals surface area contributed by atoms with Crippen molar-refractivity contribution in [1.82, 2.24) is 0 Å². The molecule has 0 saturated heterocycles. The highest BCUT2D eigenvalue weighted by Gasteiger charge is 2.12. The zero-order chi connectivity index (χ0) is 13.7. The van der Waals surface area contributed by atoms with E-state index in [1.54, 1.807) is 6.07 Å². The van der Waals surface area contributed by atoms with Gasteiger partial charge in [0.1, 0.15) is 11.5 Å². The second-order valence-electron chi connectivity index (χ2n) is 3.89. The summed E-state index contributed by atoms with van der Waals surface area (Å²) in [6.45, 7) is 1.73. The van der Waals surface area contributed by atoms with Gasteiger partial charge in [0.25, 0.3) is 5.91 Å². The fourth-order valence-electron chi connectivity index (χ4n) is 1.61. The van der Waals surface area contributed by atoms with Gasteiger partial charge in [-0.2, -0.15) is 0 Å². The number of benzene rings is 1. The van der Waals surface area contributed by atoms with E-state index in [9.17, 15) is 4.79 Å². The SMILES string of the molecule is Cc1ccccc1NC(=O)c1sccc1C#CCO. The molecule has 0 radical (unpaired) electrons. The summed E-state index contributed by atoms with van der Waals surface area (Å²) in [7, 11) is 0. The number of thiophene rings is 1. The van der Waals surface area contributed by atoms with Crippen LogP contribution in [0.2, 0.25) is 0 Å². The highest BCUT2D eigenvalue weighted by atomic mass is 32.1. The lowest BCUT2D eigenvalue weighted by atomic mass is 10.2. The van der Waals surface area contributed by atoms with Gasteiger partial charge in [0.05, 0.1) is 0 Å². The third kappa shape index (κ3) is 3.22. The molecule has 19 heavy (non-hydrogen) atoms. The van der Waals surface area contributed by atoms with E-state index in [2.05, 4.69) is 17.2 Å². The summed E-state index contributed by atoms with van der Waals surface area (Å²) in [5.41, 5.74) is 2.45. The van der Waals surface area contributed by atoms with Gasteiger partial charge in [0, 0.05) is 11.3 Å². The van der Waals surface area contributed by atoms with Crippen LogP contribution >= 0.6 is 11.3 Å². The Morgan fingerprint density at radius 1 is 1.37 bits per heavy atom. The molecule has 1 aromatic carbocycles. The number of carbonyl (C=O) groups is 1. The first-order valence-corrected chi connectivity index (χ1v) is 6.64. The molecule has 0 saturated carbocycles. The summed E-state index contributed by atoms with van der Waals surface area (Å²) in [6.07, 6.45) is 0. The van der Waals surface area contributed by atoms with Crippen molar-refractivity contribution in [2.24, 2.45) is 0 Å². The number of hydrogen-bond acceptors (Lipinski definition) is 3. The average molecular weight is 271 g/mol. The van der Waals surface area contributed by atoms with Gasteiger partial charge in [0.2, 0.25) is 0 Å². The number of rotatable bonds is 2. The van der Waals surface area contributed by atoms with Crippen LogP contribution in [-0.2, 0) is 0 Å². The molecule has 0 spiro atoms. The molecule has 4 heteroatoms. The molecule has 0 aliphatic carbocycles. The van der Waals surface area contributed by atoms with Gasteiger partial charge in [0.15, 0.2) is 0 Å². The van der Waals surface area contributed by atoms with Crippen molar-refractivity contribution in [2.45, 2.75) is 6.92 Å². The Hall–Kier alpha value is -2.09. The van der Waals surface area contributed by atoms with Gasteiger partial charge < -0.3 is 10.4 Å². The minimum absolute atomic E-state index is 0.175. The molecule has 96 valence electrons. The number of hydrogen-bond donors (Lipinski definition) is 2. The molecule has 1 heterocycles. The molecule has 2 rings (SSSR count). The molecule has 3 nitrogen and oxygen atoms in total. The van der Waals surface area contributed by atoms with E-state index in [1.807, 2.05) is 36.6 Å². The number of aliphatic hydroxyl groups excluding tert-OH is 1. The van der Waals surface area contributed by atoms with Gasteiger partial charge >= 0.3 is 0 Å². The summed E-state index contributed by atoms with van der Waals surface area (Å²) >= 11 is 1.34. The smallest absolute Gasteiger partial charge is 0.267 e. The Kier molecular flexibility index (Phi) is 4.35. The minimum atomic E-state index is -0.214. The zero-order valence-corrected chi connectivity index (χ0v) is 11.3. The van der Waals surface area contributed by atoms with Crippen molar-refractivity contribution in [3.8, 4) is 11.8 Å². The van der Waals surface area contributed by atoms with E-state index in [1.165, 1.54) is 11.3 Å². The van der Waals surface area contributed by atoms with Crippen LogP contribution in [0.25, 0.3) is 0 Å². The van der Waals surface area contributed by atoms with E-state index in [0.717, 1.165) is 11.3 Å². The first-order chi connectivity index (χ1) is 9.22. The number of nitrogens with one attached hydrogen (secondary N) is 1. The maximum Gasteiger partial charge on any atom is 0.267 e. The molecule has 0 aliphatic heterocycles. The summed E-state index contributed by atoms with van der Waals surface area (Å²) in [4.78, 5) is 12.7. The Labute approximate surface area is 115 Å². The Morgan fingerprint density at radius 2 is 2.16 bits per heavy atom. The van der Waals surface area contributed by atoms with Crippen LogP contribution in [0.3, 0.4) is 0 Å². The van der Waals surface area contributed by atoms with Crippen molar-refractivity contribution in [1.29, 1.82) is 0 Å². The van der Waals surface area contributed by atoms with Gasteiger partial charge in [-0.1, -0.05) is 30.0 Å². The number of para-hydroxylation sites is 1. The highest BCUT2D eigenvalue weighted by Crippen LogP contribution is 2.19. The molecule has 0 bridgehead atoms. The Morgan fingerprint density at radius 3 is 2.89 bits per heavy atom. The van der Waals surface area contributed by atoms with Crippen molar-refractivity contribution < 1.29 is 9.90 Å². The molecule has 0 unspecified atom stereocenters. The average Bonchev–Trinajstić information content (AvgIpc) is 2.87. The fraction of sp³-hybridized carbons (Fsp3) is 0.133. The second-order valence-corrected chi connectivity index (χ2v) is 4.81. The van der Waals surface area contributed by atoms with Crippen molar-refractivity contribution >= 4 is 22.9 Å². The molecule has 1 amide bonds. The third-order valence-electron chi connectivity index (χ3n) is 2.57. The quantitative estimate of drug-likeness (QED) is 0.825. The van der Waals surface area contributed by atoms with E-state index in [-0.39, 0.29) is 12.5 Å². The lowest BCUT2D eigenvalue weighted by molar-refractivity contribution is 0.103. The van der Waals surface area contributed by atoms with Gasteiger partial charge in [-0.25, -0.2) is 0 Å². The van der Waals surface area contributed by atoms with Crippen molar-refractivity contribution in [2.75, 3.05) is 11.9 Å². The van der Waals surface area contributed by atoms with Crippen LogP contribution in [-0.4, -0.2) is 17.6 Å². The third-order valence-corrected chi connectivity index (χ3v) is 3.48. The molecule has 2 N–H and O–H groups in total. The molecule has 2 aromatic rings. The molecule has 0 fully saturated rings. The predicted molar refractivity (Wildman–Crippen MR) is 77.4 cm³/mol. The van der Waals surface area contributed by atoms with E-state index >= 15 is 0 Å². The number of anilines is 1. The van der Waals surface area contributed by atoms with Crippen LogP contribution < -0.4 is 5.32 Å². The Bertz CT molecular complexity index is 649. The first kappa shape index (κ1) is 13.3. The standard InChI is InChI=1S/C15H13NO2S/c1-11-5-2-3-7-13(11)16-15(18)14-12(6-4-9-17)8-10-19-14/h2-3,5,7-8,10,17H,9H2,1H3,(H,16,18). The van der Waals surface area contributed by atoms with Crippen LogP contribution in [0, 0.1) is 18.8 Å². The number of amides is 1. The molecule has 0 atom stereocenters. The summed E-state index contributed by atoms with van der Waals surface area (Å²) in [5, 5.41) is 13.4. The summed E-state index contributed by atoms with van der Waals surface area (Å²) < 4.78 is 0. The lowest BCUT2D eigenvalue weighted by Crippen LogP contribution is -2.12. The van der Waals surface area contributed by atoms with Crippen molar-refractivity contribution in [3.63, 3.8) is 0 Å². The second kappa shape index (κ2) is 6.19. The van der Waals surface area contributed by atoms with Crippen LogP contribution in [0.1, 0.15) is 20.8 Å². The van der Waals surface area contributed by atoms with E-state index < -0.39 is 0 Å². The number of carbonyl (C=O) groups excluding carboxylic acids is 1. The van der Waals surface area contributed by atoms with Crippen LogP contribution in [0.15, 0.2) is 35.7 Å². The largest absolute Gasteiger partial charge is 0.384 e. The summed E-state index contributed by atoms with van der Waals surface area (Å²) in [5.74, 6) is 5.15. The lowest BCUT2D eigenvalue weighted by Gasteiger charge is -2.07. The van der Waals surface area contributed by atoms with Crippen LogP contribution in [0.5, 0.6) is 0 Å². The fourth-order valence-corrected chi connectivity index (χ4v) is 2.35. The van der Waals surface area contributed by atoms with Crippen LogP contribution in [0.4, 0.5) is 5.69 Å². The maximum absolute atomic E-state index is 12.2. The summed E-state index contributed by atoms with van der Waals surface area (Å²) in [6, 6.07) is 9.38. The minimum Gasteiger partial charge on any atom is -0.384 e. The molecular formula is C15H13NO2S. The number of aliphatic hydroxyl groups is 1. The Balaban J connectivity index is 2.22. The monoisotopic (exact) mass is 271 g/mol.